The Balaban J connectivity index is 1.91. The molecule has 84 valence electrons. The second kappa shape index (κ2) is 4.53. The van der Waals surface area contributed by atoms with Crippen molar-refractivity contribution >= 4 is 22.8 Å². The Morgan fingerprint density at radius 1 is 1.60 bits per heavy atom. The van der Waals surface area contributed by atoms with E-state index in [1.54, 1.807) is 6.92 Å². The van der Waals surface area contributed by atoms with Gasteiger partial charge in [-0.1, -0.05) is 11.8 Å². The van der Waals surface area contributed by atoms with Crippen molar-refractivity contribution in [3.05, 3.63) is 0 Å². The summed E-state index contributed by atoms with van der Waals surface area (Å²) in [6, 6.07) is 0.245. The molecule has 0 saturated carbocycles. The minimum atomic E-state index is 0.0947. The van der Waals surface area contributed by atoms with Crippen molar-refractivity contribution in [2.24, 2.45) is 0 Å². The first kappa shape index (κ1) is 11.0. The van der Waals surface area contributed by atoms with Crippen LogP contribution in [0.5, 0.6) is 0 Å². The van der Waals surface area contributed by atoms with E-state index in [2.05, 4.69) is 0 Å². The highest BCUT2D eigenvalue weighted by molar-refractivity contribution is 8.14. The van der Waals surface area contributed by atoms with Gasteiger partial charge in [-0.25, -0.2) is 0 Å². The fraction of sp³-hybridized carbons (Fsp3) is 0.800. The van der Waals surface area contributed by atoms with Crippen molar-refractivity contribution in [3.63, 3.8) is 0 Å². The maximum absolute atomic E-state index is 11.7. The van der Waals surface area contributed by atoms with Gasteiger partial charge in [-0.2, -0.15) is 0 Å². The predicted octanol–water partition coefficient (Wildman–Crippen LogP) is 0.656. The molecule has 2 heterocycles. The molecule has 2 saturated heterocycles. The number of likely N-dealkylation sites (tertiary alicyclic amines) is 1. The van der Waals surface area contributed by atoms with Crippen LogP contribution in [0.1, 0.15) is 19.8 Å². The Bertz CT molecular complexity index is 276. The Morgan fingerprint density at radius 3 is 3.00 bits per heavy atom. The third kappa shape index (κ3) is 2.52. The number of hydrogen-bond donors (Lipinski definition) is 0. The molecule has 0 aromatic carbocycles. The lowest BCUT2D eigenvalue weighted by Gasteiger charge is -2.22. The lowest BCUT2D eigenvalue weighted by Crippen LogP contribution is -2.37. The lowest BCUT2D eigenvalue weighted by atomic mass is 10.2. The summed E-state index contributed by atoms with van der Waals surface area (Å²) >= 11 is 1.29. The van der Waals surface area contributed by atoms with Crippen LogP contribution in [-0.4, -0.2) is 47.0 Å². The van der Waals surface area contributed by atoms with E-state index in [0.717, 1.165) is 13.0 Å². The number of hydrogen-bond acceptors (Lipinski definition) is 4. The molecular weight excluding hydrogens is 214 g/mol. The number of ether oxygens (including phenoxy) is 1. The zero-order chi connectivity index (χ0) is 10.8. The number of rotatable bonds is 2. The predicted molar refractivity (Wildman–Crippen MR) is 57.6 cm³/mol. The van der Waals surface area contributed by atoms with Crippen molar-refractivity contribution in [3.8, 4) is 0 Å². The molecule has 0 N–H and O–H groups in total. The Labute approximate surface area is 93.3 Å². The summed E-state index contributed by atoms with van der Waals surface area (Å²) in [4.78, 5) is 24.5. The van der Waals surface area contributed by atoms with E-state index in [0.29, 0.717) is 19.6 Å². The molecule has 4 nitrogen and oxygen atoms in total. The summed E-state index contributed by atoms with van der Waals surface area (Å²) < 4.78 is 5.27. The molecule has 0 radical (unpaired) electrons. The highest BCUT2D eigenvalue weighted by atomic mass is 32.2. The zero-order valence-electron chi connectivity index (χ0n) is 8.77. The van der Waals surface area contributed by atoms with E-state index in [9.17, 15) is 9.59 Å². The van der Waals surface area contributed by atoms with Gasteiger partial charge in [0.1, 0.15) is 0 Å². The molecule has 5 heteroatoms. The normalized spacial score (nSPS) is 31.3. The van der Waals surface area contributed by atoms with Gasteiger partial charge in [0.2, 0.25) is 5.91 Å². The van der Waals surface area contributed by atoms with Gasteiger partial charge in [0.25, 0.3) is 0 Å². The van der Waals surface area contributed by atoms with Crippen LogP contribution in [-0.2, 0) is 14.3 Å². The summed E-state index contributed by atoms with van der Waals surface area (Å²) in [5.41, 5.74) is 0. The summed E-state index contributed by atoms with van der Waals surface area (Å²) in [5.74, 6) is 0.171. The average molecular weight is 229 g/mol. The standard InChI is InChI=1S/C10H15NO3S/c1-7(12)15-9-4-10(13)11(5-9)8-2-3-14-6-8/h8-9H,2-6H2,1H3/t8-,9?/m1/s1. The first-order valence-electron chi connectivity index (χ1n) is 5.21. The van der Waals surface area contributed by atoms with Gasteiger partial charge in [0.05, 0.1) is 12.6 Å². The van der Waals surface area contributed by atoms with Crippen LogP contribution in [0.15, 0.2) is 0 Å². The molecule has 2 rings (SSSR count). The van der Waals surface area contributed by atoms with E-state index in [4.69, 9.17) is 4.74 Å². The van der Waals surface area contributed by atoms with Crippen LogP contribution in [0.2, 0.25) is 0 Å². The van der Waals surface area contributed by atoms with Gasteiger partial charge >= 0.3 is 0 Å². The number of carbonyl (C=O) groups is 2. The van der Waals surface area contributed by atoms with Gasteiger partial charge in [-0.3, -0.25) is 9.59 Å². The van der Waals surface area contributed by atoms with Gasteiger partial charge in [-0.15, -0.1) is 0 Å². The third-order valence-electron chi connectivity index (χ3n) is 2.80. The van der Waals surface area contributed by atoms with E-state index in [1.807, 2.05) is 4.90 Å². The fourth-order valence-electron chi connectivity index (χ4n) is 2.13. The molecule has 1 unspecified atom stereocenters. The highest BCUT2D eigenvalue weighted by Gasteiger charge is 2.36. The second-order valence-electron chi connectivity index (χ2n) is 4.00. The Morgan fingerprint density at radius 2 is 2.40 bits per heavy atom. The molecule has 2 atom stereocenters. The van der Waals surface area contributed by atoms with Crippen LogP contribution in [0.4, 0.5) is 0 Å². The lowest BCUT2D eigenvalue weighted by molar-refractivity contribution is -0.129. The molecule has 2 aliphatic rings. The topological polar surface area (TPSA) is 46.6 Å². The molecule has 1 amide bonds. The SMILES string of the molecule is CC(=O)SC1CC(=O)N([C@@H]2CCOC2)C1. The van der Waals surface area contributed by atoms with Crippen LogP contribution in [0.3, 0.4) is 0 Å². The van der Waals surface area contributed by atoms with Crippen molar-refractivity contribution in [2.45, 2.75) is 31.1 Å². The van der Waals surface area contributed by atoms with Crippen molar-refractivity contribution in [2.75, 3.05) is 19.8 Å². The summed E-state index contributed by atoms with van der Waals surface area (Å²) in [6.45, 7) is 3.66. The highest BCUT2D eigenvalue weighted by Crippen LogP contribution is 2.27. The van der Waals surface area contributed by atoms with Crippen LogP contribution < -0.4 is 0 Å². The van der Waals surface area contributed by atoms with Crippen molar-refractivity contribution in [1.82, 2.24) is 4.90 Å². The number of amides is 1. The van der Waals surface area contributed by atoms with E-state index in [-0.39, 0.29) is 22.3 Å². The summed E-state index contributed by atoms with van der Waals surface area (Å²) in [7, 11) is 0. The Kier molecular flexibility index (Phi) is 3.31. The fourth-order valence-corrected chi connectivity index (χ4v) is 3.06. The maximum Gasteiger partial charge on any atom is 0.224 e. The third-order valence-corrected chi connectivity index (χ3v) is 3.78. The monoisotopic (exact) mass is 229 g/mol. The van der Waals surface area contributed by atoms with Gasteiger partial charge in [0, 0.05) is 31.7 Å². The number of carbonyl (C=O) groups excluding carboxylic acids is 2. The second-order valence-corrected chi connectivity index (χ2v) is 5.48. The molecule has 2 aliphatic heterocycles. The minimum absolute atomic E-state index is 0.0947. The molecule has 0 aromatic heterocycles. The summed E-state index contributed by atoms with van der Waals surface area (Å²) in [6.07, 6.45) is 1.43. The van der Waals surface area contributed by atoms with Crippen LogP contribution in [0.25, 0.3) is 0 Å². The van der Waals surface area contributed by atoms with Gasteiger partial charge in [0.15, 0.2) is 5.12 Å². The number of thioether (sulfide) groups is 1. The summed E-state index contributed by atoms with van der Waals surface area (Å²) in [5, 5.41) is 0.243. The molecule has 0 spiro atoms. The van der Waals surface area contributed by atoms with Crippen molar-refractivity contribution < 1.29 is 14.3 Å². The molecule has 15 heavy (non-hydrogen) atoms. The van der Waals surface area contributed by atoms with Gasteiger partial charge < -0.3 is 9.64 Å². The van der Waals surface area contributed by atoms with Gasteiger partial charge in [-0.05, 0) is 6.42 Å². The average Bonchev–Trinajstić information content (AvgIpc) is 2.72. The molecule has 0 aromatic rings. The molecule has 0 bridgehead atoms. The quantitative estimate of drug-likeness (QED) is 0.697. The van der Waals surface area contributed by atoms with Crippen LogP contribution in [0, 0.1) is 0 Å². The minimum Gasteiger partial charge on any atom is -0.379 e. The number of nitrogens with zero attached hydrogens (tertiary/aromatic N) is 1. The van der Waals surface area contributed by atoms with E-state index in [1.165, 1.54) is 11.8 Å². The van der Waals surface area contributed by atoms with Crippen LogP contribution >= 0.6 is 11.8 Å². The first-order valence-corrected chi connectivity index (χ1v) is 6.09. The zero-order valence-corrected chi connectivity index (χ0v) is 9.59. The van der Waals surface area contributed by atoms with E-state index < -0.39 is 0 Å². The molecule has 2 fully saturated rings. The molecular formula is C10H15NO3S. The van der Waals surface area contributed by atoms with E-state index >= 15 is 0 Å². The Hall–Kier alpha value is -0.550. The largest absolute Gasteiger partial charge is 0.379 e. The van der Waals surface area contributed by atoms with Crippen molar-refractivity contribution in [1.29, 1.82) is 0 Å². The molecule has 0 aliphatic carbocycles. The smallest absolute Gasteiger partial charge is 0.224 e. The maximum atomic E-state index is 11.7. The first-order chi connectivity index (χ1) is 7.16.